The standard InChI is InChI=1S/C17H14FN3O2/c1-2-21(12-8-4-3-5-9-12)17(22)16-20-19-15(23-16)13-10-6-7-11-14(13)18/h3-11H,2H2,1H3. The van der Waals surface area contributed by atoms with Crippen molar-refractivity contribution in [3.8, 4) is 11.5 Å². The van der Waals surface area contributed by atoms with E-state index in [1.54, 1.807) is 12.1 Å². The maximum atomic E-state index is 13.8. The number of nitrogens with zero attached hydrogens (tertiary/aromatic N) is 3. The summed E-state index contributed by atoms with van der Waals surface area (Å²) in [5.41, 5.74) is 0.896. The third-order valence-electron chi connectivity index (χ3n) is 3.34. The van der Waals surface area contributed by atoms with E-state index >= 15 is 0 Å². The Balaban J connectivity index is 1.91. The van der Waals surface area contributed by atoms with E-state index in [1.807, 2.05) is 37.3 Å². The van der Waals surface area contributed by atoms with Crippen LogP contribution in [0.25, 0.3) is 11.5 Å². The average Bonchev–Trinajstić information content (AvgIpc) is 3.06. The van der Waals surface area contributed by atoms with Gasteiger partial charge in [-0.25, -0.2) is 4.39 Å². The van der Waals surface area contributed by atoms with Gasteiger partial charge in [0.05, 0.1) is 5.56 Å². The van der Waals surface area contributed by atoms with E-state index in [0.29, 0.717) is 6.54 Å². The fourth-order valence-corrected chi connectivity index (χ4v) is 2.22. The Hall–Kier alpha value is -3.02. The highest BCUT2D eigenvalue weighted by atomic mass is 19.1. The minimum atomic E-state index is -0.481. The van der Waals surface area contributed by atoms with Crippen molar-refractivity contribution in [2.75, 3.05) is 11.4 Å². The molecule has 0 radical (unpaired) electrons. The lowest BCUT2D eigenvalue weighted by molar-refractivity contribution is 0.0955. The van der Waals surface area contributed by atoms with Crippen molar-refractivity contribution in [2.45, 2.75) is 6.92 Å². The van der Waals surface area contributed by atoms with E-state index in [1.165, 1.54) is 17.0 Å². The fraction of sp³-hybridized carbons (Fsp3) is 0.118. The van der Waals surface area contributed by atoms with E-state index in [-0.39, 0.29) is 17.3 Å². The first kappa shape index (κ1) is 14.9. The molecule has 0 atom stereocenters. The third kappa shape index (κ3) is 2.96. The van der Waals surface area contributed by atoms with Gasteiger partial charge in [-0.05, 0) is 31.2 Å². The molecule has 0 unspecified atom stereocenters. The van der Waals surface area contributed by atoms with Crippen LogP contribution in [0.1, 0.15) is 17.6 Å². The first-order valence-electron chi connectivity index (χ1n) is 7.16. The van der Waals surface area contributed by atoms with Crippen molar-refractivity contribution in [2.24, 2.45) is 0 Å². The molecule has 6 heteroatoms. The van der Waals surface area contributed by atoms with E-state index in [0.717, 1.165) is 5.69 Å². The molecular formula is C17H14FN3O2. The van der Waals surface area contributed by atoms with Crippen LogP contribution < -0.4 is 4.90 Å². The van der Waals surface area contributed by atoms with E-state index < -0.39 is 11.7 Å². The summed E-state index contributed by atoms with van der Waals surface area (Å²) in [6, 6.07) is 15.2. The van der Waals surface area contributed by atoms with E-state index in [2.05, 4.69) is 10.2 Å². The van der Waals surface area contributed by atoms with Gasteiger partial charge in [0, 0.05) is 12.2 Å². The molecule has 0 saturated heterocycles. The Morgan fingerprint density at radius 1 is 1.09 bits per heavy atom. The molecule has 0 saturated carbocycles. The topological polar surface area (TPSA) is 59.2 Å². The molecular weight excluding hydrogens is 297 g/mol. The van der Waals surface area contributed by atoms with Crippen LogP contribution in [0.5, 0.6) is 0 Å². The molecule has 1 heterocycles. The van der Waals surface area contributed by atoms with Gasteiger partial charge in [-0.1, -0.05) is 30.3 Å². The van der Waals surface area contributed by atoms with Crippen LogP contribution in [-0.4, -0.2) is 22.6 Å². The normalized spacial score (nSPS) is 10.5. The molecule has 0 aliphatic carbocycles. The number of hydrogen-bond acceptors (Lipinski definition) is 4. The molecule has 0 aliphatic rings. The van der Waals surface area contributed by atoms with Gasteiger partial charge in [0.1, 0.15) is 5.82 Å². The Morgan fingerprint density at radius 2 is 1.78 bits per heavy atom. The summed E-state index contributed by atoms with van der Waals surface area (Å²) in [7, 11) is 0. The predicted molar refractivity (Wildman–Crippen MR) is 83.5 cm³/mol. The first-order valence-corrected chi connectivity index (χ1v) is 7.16. The molecule has 23 heavy (non-hydrogen) atoms. The van der Waals surface area contributed by atoms with Gasteiger partial charge < -0.3 is 9.32 Å². The zero-order chi connectivity index (χ0) is 16.2. The average molecular weight is 311 g/mol. The molecule has 1 amide bonds. The second kappa shape index (κ2) is 6.39. The second-order valence-electron chi connectivity index (χ2n) is 4.78. The lowest BCUT2D eigenvalue weighted by Gasteiger charge is -2.18. The summed E-state index contributed by atoms with van der Waals surface area (Å²) in [4.78, 5) is 14.1. The summed E-state index contributed by atoms with van der Waals surface area (Å²) < 4.78 is 19.1. The highest BCUT2D eigenvalue weighted by molar-refractivity contribution is 6.02. The van der Waals surface area contributed by atoms with Crippen molar-refractivity contribution < 1.29 is 13.6 Å². The number of halogens is 1. The lowest BCUT2D eigenvalue weighted by Crippen LogP contribution is -2.30. The summed E-state index contributed by atoms with van der Waals surface area (Å²) in [5, 5.41) is 7.53. The molecule has 116 valence electrons. The number of para-hydroxylation sites is 1. The molecule has 3 rings (SSSR count). The van der Waals surface area contributed by atoms with Crippen LogP contribution in [0.2, 0.25) is 0 Å². The minimum absolute atomic E-state index is 0.0180. The van der Waals surface area contributed by atoms with Crippen LogP contribution in [-0.2, 0) is 0 Å². The van der Waals surface area contributed by atoms with Gasteiger partial charge in [-0.15, -0.1) is 10.2 Å². The Bertz CT molecular complexity index is 817. The van der Waals surface area contributed by atoms with Crippen LogP contribution in [0, 0.1) is 5.82 Å². The number of carbonyl (C=O) groups is 1. The molecule has 0 fully saturated rings. The van der Waals surface area contributed by atoms with Gasteiger partial charge in [0.25, 0.3) is 5.89 Å². The minimum Gasteiger partial charge on any atom is -0.412 e. The number of anilines is 1. The summed E-state index contributed by atoms with van der Waals surface area (Å²) in [6.07, 6.45) is 0. The van der Waals surface area contributed by atoms with Crippen molar-refractivity contribution >= 4 is 11.6 Å². The molecule has 0 aliphatic heterocycles. The fourth-order valence-electron chi connectivity index (χ4n) is 2.22. The molecule has 0 spiro atoms. The van der Waals surface area contributed by atoms with Crippen molar-refractivity contribution in [3.05, 3.63) is 66.3 Å². The Morgan fingerprint density at radius 3 is 2.48 bits per heavy atom. The Labute approximate surface area is 132 Å². The van der Waals surface area contributed by atoms with Gasteiger partial charge in [0.15, 0.2) is 0 Å². The number of carbonyl (C=O) groups excluding carboxylic acids is 1. The van der Waals surface area contributed by atoms with Gasteiger partial charge in [-0.2, -0.15) is 0 Å². The SMILES string of the molecule is CCN(C(=O)c1nnc(-c2ccccc2F)o1)c1ccccc1. The zero-order valence-corrected chi connectivity index (χ0v) is 12.4. The van der Waals surface area contributed by atoms with Gasteiger partial charge >= 0.3 is 11.8 Å². The molecule has 0 bridgehead atoms. The molecule has 5 nitrogen and oxygen atoms in total. The first-order chi connectivity index (χ1) is 11.2. The van der Waals surface area contributed by atoms with Gasteiger partial charge in [0.2, 0.25) is 0 Å². The molecule has 3 aromatic rings. The number of aromatic nitrogens is 2. The van der Waals surface area contributed by atoms with Crippen LogP contribution in [0.15, 0.2) is 59.0 Å². The Kier molecular flexibility index (Phi) is 4.14. The monoisotopic (exact) mass is 311 g/mol. The maximum absolute atomic E-state index is 13.8. The largest absolute Gasteiger partial charge is 0.412 e. The maximum Gasteiger partial charge on any atom is 0.315 e. The van der Waals surface area contributed by atoms with Crippen LogP contribution in [0.3, 0.4) is 0 Å². The van der Waals surface area contributed by atoms with Crippen molar-refractivity contribution in [1.29, 1.82) is 0 Å². The highest BCUT2D eigenvalue weighted by Gasteiger charge is 2.23. The number of rotatable bonds is 4. The predicted octanol–water partition coefficient (Wildman–Crippen LogP) is 3.54. The summed E-state index contributed by atoms with van der Waals surface area (Å²) >= 11 is 0. The summed E-state index contributed by atoms with van der Waals surface area (Å²) in [5.74, 6) is -1.09. The smallest absolute Gasteiger partial charge is 0.315 e. The highest BCUT2D eigenvalue weighted by Crippen LogP contribution is 2.22. The van der Waals surface area contributed by atoms with Crippen molar-refractivity contribution in [1.82, 2.24) is 10.2 Å². The molecule has 0 N–H and O–H groups in total. The number of amides is 1. The van der Waals surface area contributed by atoms with E-state index in [9.17, 15) is 9.18 Å². The quantitative estimate of drug-likeness (QED) is 0.739. The van der Waals surface area contributed by atoms with Crippen LogP contribution >= 0.6 is 0 Å². The number of hydrogen-bond donors (Lipinski definition) is 0. The molecule has 1 aromatic heterocycles. The number of benzene rings is 2. The third-order valence-corrected chi connectivity index (χ3v) is 3.34. The van der Waals surface area contributed by atoms with E-state index in [4.69, 9.17) is 4.42 Å². The van der Waals surface area contributed by atoms with Crippen molar-refractivity contribution in [3.63, 3.8) is 0 Å². The zero-order valence-electron chi connectivity index (χ0n) is 12.4. The van der Waals surface area contributed by atoms with Crippen LogP contribution in [0.4, 0.5) is 10.1 Å². The van der Waals surface area contributed by atoms with Gasteiger partial charge in [-0.3, -0.25) is 4.79 Å². The molecule has 2 aromatic carbocycles. The second-order valence-corrected chi connectivity index (χ2v) is 4.78. The summed E-state index contributed by atoms with van der Waals surface area (Å²) in [6.45, 7) is 2.29. The lowest BCUT2D eigenvalue weighted by atomic mass is 10.2.